The van der Waals surface area contributed by atoms with Gasteiger partial charge in [0.1, 0.15) is 0 Å². The molecule has 1 aromatic rings. The van der Waals surface area contributed by atoms with Gasteiger partial charge in [-0.2, -0.15) is 0 Å². The van der Waals surface area contributed by atoms with Crippen LogP contribution in [0.1, 0.15) is 37.7 Å². The van der Waals surface area contributed by atoms with E-state index in [2.05, 4.69) is 0 Å². The normalized spacial score (nSPS) is 24.1. The number of nitrogens with zero attached hydrogens (tertiary/aromatic N) is 2. The second-order valence-electron chi connectivity index (χ2n) is 7.86. The number of amides is 1. The number of benzene rings is 1. The molecule has 2 saturated heterocycles. The highest BCUT2D eigenvalue weighted by Crippen LogP contribution is 2.33. The number of carbonyl (C=O) groups excluding carboxylic acids is 1. The molecule has 1 amide bonds. The molecular formula is C20H28N2O4S. The van der Waals surface area contributed by atoms with Gasteiger partial charge >= 0.3 is 0 Å². The van der Waals surface area contributed by atoms with Crippen molar-refractivity contribution in [3.05, 3.63) is 29.8 Å². The quantitative estimate of drug-likeness (QED) is 0.788. The van der Waals surface area contributed by atoms with E-state index in [-0.39, 0.29) is 5.91 Å². The average Bonchev–Trinajstić information content (AvgIpc) is 3.14. The van der Waals surface area contributed by atoms with Gasteiger partial charge in [0, 0.05) is 39.3 Å². The number of hydrogen-bond donors (Lipinski definition) is 0. The van der Waals surface area contributed by atoms with Crippen molar-refractivity contribution in [2.24, 2.45) is 5.92 Å². The van der Waals surface area contributed by atoms with Gasteiger partial charge in [-0.3, -0.25) is 9.10 Å². The molecule has 0 unspecified atom stereocenters. The van der Waals surface area contributed by atoms with Gasteiger partial charge in [-0.05, 0) is 49.7 Å². The molecule has 0 aromatic heterocycles. The Morgan fingerprint density at radius 3 is 2.70 bits per heavy atom. The van der Waals surface area contributed by atoms with E-state index in [1.807, 2.05) is 24.3 Å². The first-order valence-corrected chi connectivity index (χ1v) is 11.5. The second kappa shape index (κ2) is 7.80. The van der Waals surface area contributed by atoms with Crippen LogP contribution in [0.15, 0.2) is 24.3 Å². The second-order valence-corrected chi connectivity index (χ2v) is 10.00. The number of hydrogen-bond acceptors (Lipinski definition) is 4. The Hall–Kier alpha value is -1.60. The summed E-state index contributed by atoms with van der Waals surface area (Å²) >= 11 is 0. The zero-order valence-electron chi connectivity index (χ0n) is 15.7. The summed E-state index contributed by atoms with van der Waals surface area (Å²) < 4.78 is 33.5. The fourth-order valence-corrected chi connectivity index (χ4v) is 6.48. The molecule has 0 N–H and O–H groups in total. The summed E-state index contributed by atoms with van der Waals surface area (Å²) in [4.78, 5) is 14.5. The predicted octanol–water partition coefficient (Wildman–Crippen LogP) is 2.19. The Bertz CT molecular complexity index is 789. The van der Waals surface area contributed by atoms with Crippen LogP contribution >= 0.6 is 0 Å². The SMILES string of the molecule is O=C(CC1CCOCC1)N1CCC[C@H](S(=O)(=O)N2CCc3ccccc32)C1. The topological polar surface area (TPSA) is 66.9 Å². The average molecular weight is 393 g/mol. The van der Waals surface area contributed by atoms with Gasteiger partial charge in [0.25, 0.3) is 0 Å². The predicted molar refractivity (Wildman–Crippen MR) is 104 cm³/mol. The third-order valence-corrected chi connectivity index (χ3v) is 8.33. The van der Waals surface area contributed by atoms with Crippen LogP contribution in [-0.2, 0) is 26.0 Å². The van der Waals surface area contributed by atoms with Crippen molar-refractivity contribution >= 4 is 21.6 Å². The van der Waals surface area contributed by atoms with E-state index in [0.29, 0.717) is 38.4 Å². The highest BCUT2D eigenvalue weighted by atomic mass is 32.2. The van der Waals surface area contributed by atoms with Crippen LogP contribution < -0.4 is 4.31 Å². The number of sulfonamides is 1. The number of rotatable bonds is 4. The van der Waals surface area contributed by atoms with Crippen LogP contribution in [0.4, 0.5) is 5.69 Å². The molecular weight excluding hydrogens is 364 g/mol. The molecule has 1 atom stereocenters. The third-order valence-electron chi connectivity index (χ3n) is 6.11. The van der Waals surface area contributed by atoms with E-state index in [0.717, 1.165) is 50.1 Å². The zero-order chi connectivity index (χ0) is 18.9. The first-order chi connectivity index (χ1) is 13.1. The lowest BCUT2D eigenvalue weighted by Gasteiger charge is -2.36. The van der Waals surface area contributed by atoms with Crippen LogP contribution in [0.3, 0.4) is 0 Å². The molecule has 0 saturated carbocycles. The molecule has 27 heavy (non-hydrogen) atoms. The van der Waals surface area contributed by atoms with Gasteiger partial charge in [0.15, 0.2) is 0 Å². The van der Waals surface area contributed by atoms with Gasteiger partial charge in [0.05, 0.1) is 10.9 Å². The summed E-state index contributed by atoms with van der Waals surface area (Å²) in [5, 5.41) is -0.504. The fourth-order valence-electron chi connectivity index (χ4n) is 4.49. The summed E-state index contributed by atoms with van der Waals surface area (Å²) in [6.45, 7) is 2.95. The largest absolute Gasteiger partial charge is 0.381 e. The molecule has 0 aliphatic carbocycles. The molecule has 3 aliphatic heterocycles. The summed E-state index contributed by atoms with van der Waals surface area (Å²) in [6.07, 6.45) is 4.50. The fraction of sp³-hybridized carbons (Fsp3) is 0.650. The van der Waals surface area contributed by atoms with Crippen molar-refractivity contribution in [2.45, 2.75) is 43.8 Å². The minimum atomic E-state index is -3.46. The first kappa shape index (κ1) is 18.7. The number of piperidine rings is 1. The Morgan fingerprint density at radius 1 is 1.11 bits per heavy atom. The lowest BCUT2D eigenvalue weighted by molar-refractivity contribution is -0.133. The number of fused-ring (bicyclic) bond motifs is 1. The molecule has 0 radical (unpaired) electrons. The van der Waals surface area contributed by atoms with E-state index in [1.165, 1.54) is 0 Å². The molecule has 1 aromatic carbocycles. The molecule has 148 valence electrons. The van der Waals surface area contributed by atoms with Crippen LogP contribution in [0, 0.1) is 5.92 Å². The summed E-state index contributed by atoms with van der Waals surface area (Å²) in [7, 11) is -3.46. The molecule has 6 nitrogen and oxygen atoms in total. The maximum absolute atomic E-state index is 13.3. The van der Waals surface area contributed by atoms with E-state index >= 15 is 0 Å². The molecule has 0 bridgehead atoms. The number of anilines is 1. The van der Waals surface area contributed by atoms with Crippen LogP contribution in [0.2, 0.25) is 0 Å². The zero-order valence-corrected chi connectivity index (χ0v) is 16.5. The Balaban J connectivity index is 1.44. The van der Waals surface area contributed by atoms with Crippen molar-refractivity contribution in [2.75, 3.05) is 37.2 Å². The van der Waals surface area contributed by atoms with Crippen molar-refractivity contribution in [3.8, 4) is 0 Å². The van der Waals surface area contributed by atoms with Crippen molar-refractivity contribution in [3.63, 3.8) is 0 Å². The van der Waals surface area contributed by atoms with E-state index < -0.39 is 15.3 Å². The van der Waals surface area contributed by atoms with Gasteiger partial charge in [-0.15, -0.1) is 0 Å². The standard InChI is InChI=1S/C20H28N2O4S/c23-20(14-16-8-12-26-13-9-16)21-10-3-5-18(15-21)27(24,25)22-11-7-17-4-1-2-6-19(17)22/h1-2,4,6,16,18H,3,5,7-15H2/t18-/m0/s1. The summed E-state index contributed by atoms with van der Waals surface area (Å²) in [5.74, 6) is 0.470. The lowest BCUT2D eigenvalue weighted by Crippen LogP contribution is -2.49. The maximum Gasteiger partial charge on any atom is 0.239 e. The van der Waals surface area contributed by atoms with Crippen molar-refractivity contribution in [1.29, 1.82) is 0 Å². The van der Waals surface area contributed by atoms with Crippen molar-refractivity contribution in [1.82, 2.24) is 4.90 Å². The lowest BCUT2D eigenvalue weighted by atomic mass is 9.95. The number of likely N-dealkylation sites (tertiary alicyclic amines) is 1. The minimum absolute atomic E-state index is 0.101. The highest BCUT2D eigenvalue weighted by molar-refractivity contribution is 7.93. The molecule has 7 heteroatoms. The van der Waals surface area contributed by atoms with Crippen LogP contribution in [-0.4, -0.2) is 57.3 Å². The molecule has 3 aliphatic rings. The van der Waals surface area contributed by atoms with Gasteiger partial charge < -0.3 is 9.64 Å². The van der Waals surface area contributed by atoms with E-state index in [4.69, 9.17) is 4.74 Å². The highest BCUT2D eigenvalue weighted by Gasteiger charge is 2.39. The molecule has 0 spiro atoms. The number of ether oxygens (including phenoxy) is 1. The maximum atomic E-state index is 13.3. The van der Waals surface area contributed by atoms with Gasteiger partial charge in [0.2, 0.25) is 15.9 Å². The summed E-state index contributed by atoms with van der Waals surface area (Å²) in [6, 6.07) is 7.72. The Morgan fingerprint density at radius 2 is 1.89 bits per heavy atom. The third kappa shape index (κ3) is 3.85. The van der Waals surface area contributed by atoms with Crippen LogP contribution in [0.5, 0.6) is 0 Å². The molecule has 3 heterocycles. The smallest absolute Gasteiger partial charge is 0.239 e. The number of para-hydroxylation sites is 1. The Kier molecular flexibility index (Phi) is 5.41. The summed E-state index contributed by atoms with van der Waals surface area (Å²) in [5.41, 5.74) is 1.90. The number of carbonyl (C=O) groups is 1. The monoisotopic (exact) mass is 392 g/mol. The van der Waals surface area contributed by atoms with Crippen molar-refractivity contribution < 1.29 is 17.9 Å². The Labute approximate surface area is 161 Å². The van der Waals surface area contributed by atoms with E-state index in [1.54, 1.807) is 9.21 Å². The molecule has 4 rings (SSSR count). The minimum Gasteiger partial charge on any atom is -0.381 e. The van der Waals surface area contributed by atoms with Crippen LogP contribution in [0.25, 0.3) is 0 Å². The van der Waals surface area contributed by atoms with Gasteiger partial charge in [-0.25, -0.2) is 8.42 Å². The first-order valence-electron chi connectivity index (χ1n) is 10.0. The van der Waals surface area contributed by atoms with E-state index in [9.17, 15) is 13.2 Å². The molecule has 2 fully saturated rings. The van der Waals surface area contributed by atoms with Gasteiger partial charge in [-0.1, -0.05) is 18.2 Å².